The topological polar surface area (TPSA) is 29.9 Å². The van der Waals surface area contributed by atoms with Crippen LogP contribution in [0.4, 0.5) is 0 Å². The van der Waals surface area contributed by atoms with Crippen LogP contribution in [0.3, 0.4) is 0 Å². The van der Waals surface area contributed by atoms with E-state index in [1.807, 2.05) is 18.5 Å². The zero-order chi connectivity index (χ0) is 10.4. The lowest BCUT2D eigenvalue weighted by Gasteiger charge is -2.02. The van der Waals surface area contributed by atoms with Gasteiger partial charge in [0.15, 0.2) is 0 Å². The first-order valence-corrected chi connectivity index (χ1v) is 4.90. The van der Waals surface area contributed by atoms with Crippen LogP contribution in [0.1, 0.15) is 19.2 Å². The van der Waals surface area contributed by atoms with E-state index in [-0.39, 0.29) is 0 Å². The largest absolute Gasteiger partial charge is 0.321 e. The van der Waals surface area contributed by atoms with Crippen molar-refractivity contribution >= 4 is 11.6 Å². The third-order valence-electron chi connectivity index (χ3n) is 1.91. The van der Waals surface area contributed by atoms with Gasteiger partial charge in [-0.2, -0.15) is 0 Å². The molecule has 0 saturated heterocycles. The predicted molar refractivity (Wildman–Crippen MR) is 58.0 cm³/mol. The molecule has 0 aliphatic carbocycles. The van der Waals surface area contributed by atoms with Crippen molar-refractivity contribution in [3.8, 4) is 11.8 Å². The van der Waals surface area contributed by atoms with E-state index < -0.39 is 0 Å². The molecular formula is C10H14ClN3. The molecule has 0 atom stereocenters. The first-order chi connectivity index (χ1) is 6.75. The van der Waals surface area contributed by atoms with Gasteiger partial charge in [-0.1, -0.05) is 11.6 Å². The first-order valence-electron chi connectivity index (χ1n) is 4.52. The van der Waals surface area contributed by atoms with Crippen LogP contribution in [0.2, 0.25) is 5.15 Å². The predicted octanol–water partition coefficient (Wildman–Crippen LogP) is 1.58. The van der Waals surface area contributed by atoms with E-state index in [4.69, 9.17) is 11.6 Å². The van der Waals surface area contributed by atoms with Crippen molar-refractivity contribution < 1.29 is 0 Å². The fourth-order valence-electron chi connectivity index (χ4n) is 1.06. The van der Waals surface area contributed by atoms with E-state index in [1.54, 1.807) is 6.20 Å². The molecule has 0 aliphatic heterocycles. The van der Waals surface area contributed by atoms with E-state index in [9.17, 15) is 0 Å². The molecule has 76 valence electrons. The number of halogens is 1. The summed E-state index contributed by atoms with van der Waals surface area (Å²) >= 11 is 5.84. The number of hydrogen-bond acceptors (Lipinski definition) is 2. The van der Waals surface area contributed by atoms with Crippen LogP contribution < -0.4 is 5.32 Å². The molecule has 1 aromatic rings. The molecule has 14 heavy (non-hydrogen) atoms. The van der Waals surface area contributed by atoms with Crippen molar-refractivity contribution in [1.29, 1.82) is 0 Å². The average molecular weight is 212 g/mol. The van der Waals surface area contributed by atoms with Gasteiger partial charge in [-0.15, -0.1) is 11.8 Å². The summed E-state index contributed by atoms with van der Waals surface area (Å²) in [5, 5.41) is 3.91. The Labute approximate surface area is 89.5 Å². The van der Waals surface area contributed by atoms with Gasteiger partial charge < -0.3 is 9.88 Å². The highest BCUT2D eigenvalue weighted by Crippen LogP contribution is 2.08. The normalized spacial score (nSPS) is 9.64. The highest BCUT2D eigenvalue weighted by Gasteiger charge is 2.02. The molecule has 0 saturated carbocycles. The maximum atomic E-state index is 5.84. The van der Waals surface area contributed by atoms with Crippen molar-refractivity contribution in [3.05, 3.63) is 17.2 Å². The van der Waals surface area contributed by atoms with Crippen LogP contribution in [-0.2, 0) is 13.6 Å². The molecule has 0 amide bonds. The highest BCUT2D eigenvalue weighted by molar-refractivity contribution is 6.29. The van der Waals surface area contributed by atoms with Crippen LogP contribution in [0.15, 0.2) is 6.20 Å². The average Bonchev–Trinajstić information content (AvgIpc) is 2.49. The number of rotatable bonds is 4. The maximum absolute atomic E-state index is 5.84. The second-order valence-corrected chi connectivity index (χ2v) is 3.30. The lowest BCUT2D eigenvalue weighted by molar-refractivity contribution is 0.646. The van der Waals surface area contributed by atoms with Gasteiger partial charge in [0.25, 0.3) is 0 Å². The summed E-state index contributed by atoms with van der Waals surface area (Å²) in [5.74, 6) is 6.78. The third kappa shape index (κ3) is 3.06. The van der Waals surface area contributed by atoms with Gasteiger partial charge in [-0.25, -0.2) is 4.98 Å². The van der Waals surface area contributed by atoms with Gasteiger partial charge in [0.2, 0.25) is 0 Å². The Balaban J connectivity index is 2.30. The van der Waals surface area contributed by atoms with E-state index in [2.05, 4.69) is 22.1 Å². The minimum absolute atomic E-state index is 0.662. The first kappa shape index (κ1) is 11.1. The van der Waals surface area contributed by atoms with Gasteiger partial charge in [0.1, 0.15) is 11.0 Å². The van der Waals surface area contributed by atoms with E-state index in [0.29, 0.717) is 5.15 Å². The lowest BCUT2D eigenvalue weighted by Crippen LogP contribution is -2.17. The Bertz CT molecular complexity index is 346. The van der Waals surface area contributed by atoms with Gasteiger partial charge >= 0.3 is 0 Å². The standard InChI is InChI=1S/C10H14ClN3/c1-3-4-5-6-12-8-10-13-7-9(11)14(10)2/h7,12H,5-6,8H2,1-2H3. The summed E-state index contributed by atoms with van der Waals surface area (Å²) in [5.41, 5.74) is 0. The summed E-state index contributed by atoms with van der Waals surface area (Å²) in [7, 11) is 1.90. The molecule has 0 aromatic carbocycles. The number of imidazole rings is 1. The molecule has 1 rings (SSSR count). The molecule has 1 aromatic heterocycles. The zero-order valence-corrected chi connectivity index (χ0v) is 9.23. The minimum Gasteiger partial charge on any atom is -0.321 e. The number of hydrogen-bond donors (Lipinski definition) is 1. The monoisotopic (exact) mass is 211 g/mol. The smallest absolute Gasteiger partial charge is 0.128 e. The Morgan fingerprint density at radius 3 is 3.00 bits per heavy atom. The van der Waals surface area contributed by atoms with Crippen molar-refractivity contribution in [2.24, 2.45) is 7.05 Å². The van der Waals surface area contributed by atoms with Crippen LogP contribution >= 0.6 is 11.6 Å². The molecule has 0 radical (unpaired) electrons. The maximum Gasteiger partial charge on any atom is 0.128 e. The highest BCUT2D eigenvalue weighted by atomic mass is 35.5. The van der Waals surface area contributed by atoms with Gasteiger partial charge in [0, 0.05) is 20.0 Å². The molecule has 0 fully saturated rings. The minimum atomic E-state index is 0.662. The van der Waals surface area contributed by atoms with Crippen molar-refractivity contribution in [3.63, 3.8) is 0 Å². The fourth-order valence-corrected chi connectivity index (χ4v) is 1.21. The second-order valence-electron chi connectivity index (χ2n) is 2.91. The summed E-state index contributed by atoms with van der Waals surface area (Å²) in [6.45, 7) is 3.46. The van der Waals surface area contributed by atoms with Crippen molar-refractivity contribution in [1.82, 2.24) is 14.9 Å². The van der Waals surface area contributed by atoms with Crippen LogP contribution in [-0.4, -0.2) is 16.1 Å². The summed E-state index contributed by atoms with van der Waals surface area (Å²) in [6.07, 6.45) is 2.53. The van der Waals surface area contributed by atoms with Crippen LogP contribution in [0.5, 0.6) is 0 Å². The molecular weight excluding hydrogens is 198 g/mol. The van der Waals surface area contributed by atoms with E-state index >= 15 is 0 Å². The molecule has 3 nitrogen and oxygen atoms in total. The Morgan fingerprint density at radius 2 is 2.43 bits per heavy atom. The van der Waals surface area contributed by atoms with Crippen LogP contribution in [0.25, 0.3) is 0 Å². The Kier molecular flexibility index (Phi) is 4.51. The number of aromatic nitrogens is 2. The summed E-state index contributed by atoms with van der Waals surface area (Å²) < 4.78 is 1.86. The third-order valence-corrected chi connectivity index (χ3v) is 2.27. The Morgan fingerprint density at radius 1 is 1.64 bits per heavy atom. The van der Waals surface area contributed by atoms with Gasteiger partial charge in [-0.3, -0.25) is 0 Å². The molecule has 0 bridgehead atoms. The van der Waals surface area contributed by atoms with Crippen molar-refractivity contribution in [2.75, 3.05) is 6.54 Å². The Hall–Kier alpha value is -0.980. The van der Waals surface area contributed by atoms with Gasteiger partial charge in [-0.05, 0) is 6.92 Å². The number of nitrogens with zero attached hydrogens (tertiary/aromatic N) is 2. The van der Waals surface area contributed by atoms with E-state index in [0.717, 1.165) is 25.3 Å². The fraction of sp³-hybridized carbons (Fsp3) is 0.500. The molecule has 1 N–H and O–H groups in total. The summed E-state index contributed by atoms with van der Waals surface area (Å²) in [6, 6.07) is 0. The van der Waals surface area contributed by atoms with Crippen LogP contribution in [0, 0.1) is 11.8 Å². The molecule has 0 spiro atoms. The second kappa shape index (κ2) is 5.69. The number of nitrogens with one attached hydrogen (secondary N) is 1. The van der Waals surface area contributed by atoms with Gasteiger partial charge in [0.05, 0.1) is 12.7 Å². The quantitative estimate of drug-likeness (QED) is 0.606. The molecule has 4 heteroatoms. The lowest BCUT2D eigenvalue weighted by atomic mass is 10.4. The molecule has 0 aliphatic rings. The molecule has 1 heterocycles. The van der Waals surface area contributed by atoms with E-state index in [1.165, 1.54) is 0 Å². The SMILES string of the molecule is CC#CCCNCc1ncc(Cl)n1C. The van der Waals surface area contributed by atoms with Crippen molar-refractivity contribution in [2.45, 2.75) is 19.9 Å². The zero-order valence-electron chi connectivity index (χ0n) is 8.47. The molecule has 0 unspecified atom stereocenters. The summed E-state index contributed by atoms with van der Waals surface area (Å²) in [4.78, 5) is 4.17.